The summed E-state index contributed by atoms with van der Waals surface area (Å²) in [4.78, 5) is 11.8. The number of carboxylic acid groups (broad SMARTS) is 1. The molecule has 0 heterocycles. The maximum Gasteiger partial charge on any atom is 0.314 e. The highest BCUT2D eigenvalue weighted by molar-refractivity contribution is 5.84. The first kappa shape index (κ1) is 14.2. The molecule has 2 aliphatic rings. The van der Waals surface area contributed by atoms with E-state index in [1.165, 1.54) is 5.56 Å². The zero-order chi connectivity index (χ0) is 15.0. The van der Waals surface area contributed by atoms with Gasteiger partial charge >= 0.3 is 5.97 Å². The quantitative estimate of drug-likeness (QED) is 0.926. The van der Waals surface area contributed by atoms with Gasteiger partial charge in [-0.3, -0.25) is 4.79 Å². The fourth-order valence-electron chi connectivity index (χ4n) is 3.77. The van der Waals surface area contributed by atoms with Gasteiger partial charge in [-0.1, -0.05) is 6.42 Å². The van der Waals surface area contributed by atoms with Crippen LogP contribution in [0.4, 0.5) is 0 Å². The number of benzene rings is 1. The van der Waals surface area contributed by atoms with Crippen LogP contribution in [0.2, 0.25) is 0 Å². The van der Waals surface area contributed by atoms with Gasteiger partial charge in [-0.25, -0.2) is 0 Å². The Morgan fingerprint density at radius 2 is 1.76 bits per heavy atom. The van der Waals surface area contributed by atoms with Gasteiger partial charge < -0.3 is 14.6 Å². The van der Waals surface area contributed by atoms with Crippen molar-refractivity contribution >= 4 is 5.97 Å². The minimum absolute atomic E-state index is 0.681. The van der Waals surface area contributed by atoms with E-state index in [4.69, 9.17) is 9.47 Å². The Kier molecular flexibility index (Phi) is 3.56. The van der Waals surface area contributed by atoms with Crippen LogP contribution >= 0.6 is 0 Å². The summed E-state index contributed by atoms with van der Waals surface area (Å²) in [6.45, 7) is 0. The van der Waals surface area contributed by atoms with Crippen molar-refractivity contribution in [1.82, 2.24) is 0 Å². The summed E-state index contributed by atoms with van der Waals surface area (Å²) in [5, 5.41) is 9.73. The molecule has 0 atom stereocenters. The van der Waals surface area contributed by atoms with E-state index in [2.05, 4.69) is 0 Å². The van der Waals surface area contributed by atoms with Crippen molar-refractivity contribution in [2.45, 2.75) is 50.4 Å². The largest absolute Gasteiger partial charge is 0.496 e. The number of hydrogen-bond donors (Lipinski definition) is 1. The summed E-state index contributed by atoms with van der Waals surface area (Å²) in [6.07, 6.45) is 6.51. The lowest BCUT2D eigenvalue weighted by Crippen LogP contribution is -2.42. The summed E-state index contributed by atoms with van der Waals surface area (Å²) >= 11 is 0. The molecule has 1 aromatic carbocycles. The van der Waals surface area contributed by atoms with Gasteiger partial charge in [0.25, 0.3) is 0 Å². The number of carbonyl (C=O) groups is 1. The van der Waals surface area contributed by atoms with Crippen LogP contribution in [0, 0.1) is 0 Å². The second kappa shape index (κ2) is 5.24. The molecule has 0 unspecified atom stereocenters. The summed E-state index contributed by atoms with van der Waals surface area (Å²) in [5.74, 6) is 0.866. The molecule has 1 saturated carbocycles. The number of hydrogen-bond acceptors (Lipinski definition) is 3. The number of fused-ring (bicyclic) bond motifs is 1. The van der Waals surface area contributed by atoms with Crippen LogP contribution in [-0.4, -0.2) is 25.3 Å². The number of aliphatic carboxylic acids is 1. The van der Waals surface area contributed by atoms with Crippen LogP contribution in [0.25, 0.3) is 0 Å². The van der Waals surface area contributed by atoms with Crippen molar-refractivity contribution in [1.29, 1.82) is 0 Å². The van der Waals surface area contributed by atoms with Crippen molar-refractivity contribution < 1.29 is 19.4 Å². The number of methoxy groups -OCH3 is 2. The molecule has 0 amide bonds. The van der Waals surface area contributed by atoms with Crippen molar-refractivity contribution in [3.05, 3.63) is 22.8 Å². The lowest BCUT2D eigenvalue weighted by atomic mass is 9.63. The minimum Gasteiger partial charge on any atom is -0.496 e. The molecule has 3 rings (SSSR count). The molecule has 0 saturated heterocycles. The molecular weight excluding hydrogens is 268 g/mol. The third-order valence-corrected chi connectivity index (χ3v) is 5.12. The van der Waals surface area contributed by atoms with Crippen molar-refractivity contribution in [3.8, 4) is 11.5 Å². The molecule has 1 fully saturated rings. The normalized spacial score (nSPS) is 19.3. The Hall–Kier alpha value is -1.71. The van der Waals surface area contributed by atoms with Gasteiger partial charge in [0.15, 0.2) is 0 Å². The van der Waals surface area contributed by atoms with Crippen molar-refractivity contribution in [3.63, 3.8) is 0 Å². The molecule has 4 nitrogen and oxygen atoms in total. The van der Waals surface area contributed by atoms with Crippen LogP contribution in [0.3, 0.4) is 0 Å². The summed E-state index contributed by atoms with van der Waals surface area (Å²) in [6, 6.07) is 1.91. The van der Waals surface area contributed by atoms with E-state index >= 15 is 0 Å². The minimum atomic E-state index is -0.787. The summed E-state index contributed by atoms with van der Waals surface area (Å²) in [7, 11) is 3.31. The van der Waals surface area contributed by atoms with Crippen LogP contribution < -0.4 is 9.47 Å². The highest BCUT2D eigenvalue weighted by atomic mass is 16.5. The summed E-state index contributed by atoms with van der Waals surface area (Å²) in [5.41, 5.74) is 2.38. The molecule has 1 aromatic rings. The van der Waals surface area contributed by atoms with E-state index < -0.39 is 11.4 Å². The average molecular weight is 290 g/mol. The average Bonchev–Trinajstić information content (AvgIpc) is 2.44. The molecule has 0 radical (unpaired) electrons. The first-order valence-electron chi connectivity index (χ1n) is 7.64. The Bertz CT molecular complexity index is 573. The highest BCUT2D eigenvalue weighted by Crippen LogP contribution is 2.51. The Morgan fingerprint density at radius 1 is 1.10 bits per heavy atom. The van der Waals surface area contributed by atoms with Crippen molar-refractivity contribution in [2.24, 2.45) is 0 Å². The van der Waals surface area contributed by atoms with Gasteiger partial charge in [0.05, 0.1) is 19.6 Å². The standard InChI is InChI=1S/C17H22O4/c1-20-14-10-13(17(16(18)19)8-5-9-17)15(21-2)12-7-4-3-6-11(12)14/h10H,3-9H2,1-2H3,(H,18,19). The van der Waals surface area contributed by atoms with Crippen LogP contribution in [0.5, 0.6) is 11.5 Å². The maximum atomic E-state index is 11.8. The smallest absolute Gasteiger partial charge is 0.314 e. The van der Waals surface area contributed by atoms with Gasteiger partial charge in [-0.15, -0.1) is 0 Å². The van der Waals surface area contributed by atoms with E-state index in [0.717, 1.165) is 54.7 Å². The van der Waals surface area contributed by atoms with Gasteiger partial charge in [-0.05, 0) is 44.6 Å². The lowest BCUT2D eigenvalue weighted by molar-refractivity contribution is -0.147. The molecule has 0 spiro atoms. The molecule has 1 N–H and O–H groups in total. The topological polar surface area (TPSA) is 55.8 Å². The van der Waals surface area contributed by atoms with Gasteiger partial charge in [0, 0.05) is 16.7 Å². The molecule has 21 heavy (non-hydrogen) atoms. The lowest BCUT2D eigenvalue weighted by Gasteiger charge is -2.40. The van der Waals surface area contributed by atoms with E-state index in [1.807, 2.05) is 6.07 Å². The van der Waals surface area contributed by atoms with E-state index in [9.17, 15) is 9.90 Å². The third-order valence-electron chi connectivity index (χ3n) is 5.12. The predicted octanol–water partition coefficient (Wildman–Crippen LogP) is 3.09. The Balaban J connectivity index is 2.22. The maximum absolute atomic E-state index is 11.8. The zero-order valence-corrected chi connectivity index (χ0v) is 12.7. The number of carboxylic acids is 1. The van der Waals surface area contributed by atoms with Gasteiger partial charge in [-0.2, -0.15) is 0 Å². The zero-order valence-electron chi connectivity index (χ0n) is 12.7. The van der Waals surface area contributed by atoms with Gasteiger partial charge in [0.2, 0.25) is 0 Å². The van der Waals surface area contributed by atoms with E-state index in [1.54, 1.807) is 14.2 Å². The van der Waals surface area contributed by atoms with Crippen LogP contribution in [0.15, 0.2) is 6.07 Å². The van der Waals surface area contributed by atoms with Crippen molar-refractivity contribution in [2.75, 3.05) is 14.2 Å². The molecule has 114 valence electrons. The molecular formula is C17H22O4. The monoisotopic (exact) mass is 290 g/mol. The molecule has 0 aliphatic heterocycles. The van der Waals surface area contributed by atoms with Crippen LogP contribution in [0.1, 0.15) is 48.8 Å². The fraction of sp³-hybridized carbons (Fsp3) is 0.588. The highest BCUT2D eigenvalue weighted by Gasteiger charge is 2.48. The first-order valence-corrected chi connectivity index (χ1v) is 7.64. The van der Waals surface area contributed by atoms with Crippen LogP contribution in [-0.2, 0) is 23.1 Å². The third kappa shape index (κ3) is 2.00. The molecule has 0 bridgehead atoms. The number of rotatable bonds is 4. The second-order valence-corrected chi connectivity index (χ2v) is 6.06. The van der Waals surface area contributed by atoms with Gasteiger partial charge in [0.1, 0.15) is 11.5 Å². The molecule has 4 heteroatoms. The SMILES string of the molecule is COc1cc(C2(C(=O)O)CCC2)c(OC)c2c1CCCC2. The second-order valence-electron chi connectivity index (χ2n) is 6.06. The number of ether oxygens (including phenoxy) is 2. The fourth-order valence-corrected chi connectivity index (χ4v) is 3.77. The first-order chi connectivity index (χ1) is 10.1. The summed E-state index contributed by atoms with van der Waals surface area (Å²) < 4.78 is 11.2. The van der Waals surface area contributed by atoms with E-state index in [-0.39, 0.29) is 0 Å². The van der Waals surface area contributed by atoms with E-state index in [0.29, 0.717) is 12.8 Å². The Morgan fingerprint density at radius 3 is 2.24 bits per heavy atom. The molecule has 2 aliphatic carbocycles. The molecule has 0 aromatic heterocycles. The Labute approximate surface area is 125 Å². The predicted molar refractivity (Wildman–Crippen MR) is 79.4 cm³/mol.